The van der Waals surface area contributed by atoms with E-state index >= 15 is 0 Å². The quantitative estimate of drug-likeness (QED) is 0.639. The summed E-state index contributed by atoms with van der Waals surface area (Å²) in [5.74, 6) is 1.35. The molecule has 0 spiro atoms. The molecule has 27 heavy (non-hydrogen) atoms. The van der Waals surface area contributed by atoms with E-state index in [0.717, 1.165) is 28.5 Å². The van der Waals surface area contributed by atoms with Crippen LogP contribution in [0.2, 0.25) is 0 Å². The molecule has 0 aliphatic carbocycles. The summed E-state index contributed by atoms with van der Waals surface area (Å²) >= 11 is 0. The molecule has 0 fully saturated rings. The van der Waals surface area contributed by atoms with Crippen LogP contribution in [0, 0.1) is 6.92 Å². The minimum atomic E-state index is -0.127. The number of ether oxygens (including phenoxy) is 1. The van der Waals surface area contributed by atoms with Gasteiger partial charge in [0.05, 0.1) is 31.2 Å². The standard InChI is InChI=1S/C20H24N4O3/c1-14-18(20(26-3)24(2)23-14)13-21-11-15-6-4-7-16(10-15)19(25)22-12-17-8-5-9-27-17/h4-10,21H,11-13H2,1-3H3,(H,22,25). The molecule has 0 saturated carbocycles. The number of nitrogens with one attached hydrogen (secondary N) is 2. The van der Waals surface area contributed by atoms with Crippen molar-refractivity contribution in [2.75, 3.05) is 7.11 Å². The van der Waals surface area contributed by atoms with Crippen LogP contribution in [0.1, 0.15) is 32.9 Å². The summed E-state index contributed by atoms with van der Waals surface area (Å²) in [6, 6.07) is 11.2. The topological polar surface area (TPSA) is 81.3 Å². The highest BCUT2D eigenvalue weighted by Gasteiger charge is 2.13. The fourth-order valence-electron chi connectivity index (χ4n) is 2.98. The molecule has 2 aromatic heterocycles. The van der Waals surface area contributed by atoms with Crippen LogP contribution in [0.25, 0.3) is 0 Å². The molecule has 142 valence electrons. The normalized spacial score (nSPS) is 10.8. The minimum Gasteiger partial charge on any atom is -0.481 e. The number of nitrogens with zero attached hydrogens (tertiary/aromatic N) is 2. The van der Waals surface area contributed by atoms with E-state index in [1.807, 2.05) is 38.2 Å². The third-order valence-corrected chi connectivity index (χ3v) is 4.31. The number of methoxy groups -OCH3 is 1. The molecule has 0 saturated heterocycles. The van der Waals surface area contributed by atoms with E-state index in [1.54, 1.807) is 30.2 Å². The minimum absolute atomic E-state index is 0.127. The Morgan fingerprint density at radius 1 is 1.22 bits per heavy atom. The SMILES string of the molecule is COc1c(CNCc2cccc(C(=O)NCc3ccco3)c2)c(C)nn1C. The highest BCUT2D eigenvalue weighted by molar-refractivity contribution is 5.94. The molecule has 7 heteroatoms. The lowest BCUT2D eigenvalue weighted by molar-refractivity contribution is 0.0948. The van der Waals surface area contributed by atoms with E-state index in [4.69, 9.17) is 9.15 Å². The van der Waals surface area contributed by atoms with Gasteiger partial charge in [0.2, 0.25) is 5.88 Å². The van der Waals surface area contributed by atoms with Gasteiger partial charge in [0.1, 0.15) is 5.76 Å². The van der Waals surface area contributed by atoms with Gasteiger partial charge in [-0.05, 0) is 36.8 Å². The molecule has 7 nitrogen and oxygen atoms in total. The molecule has 0 aliphatic rings. The van der Waals surface area contributed by atoms with Gasteiger partial charge < -0.3 is 19.8 Å². The monoisotopic (exact) mass is 368 g/mol. The predicted molar refractivity (Wildman–Crippen MR) is 101 cm³/mol. The van der Waals surface area contributed by atoms with Crippen molar-refractivity contribution < 1.29 is 13.9 Å². The van der Waals surface area contributed by atoms with Crippen LogP contribution in [-0.2, 0) is 26.7 Å². The molecule has 0 radical (unpaired) electrons. The average molecular weight is 368 g/mol. The van der Waals surface area contributed by atoms with Crippen LogP contribution in [0.4, 0.5) is 0 Å². The Morgan fingerprint density at radius 3 is 2.81 bits per heavy atom. The van der Waals surface area contributed by atoms with Gasteiger partial charge in [0.15, 0.2) is 0 Å². The number of benzene rings is 1. The Hall–Kier alpha value is -3.06. The van der Waals surface area contributed by atoms with Crippen molar-refractivity contribution in [1.82, 2.24) is 20.4 Å². The Morgan fingerprint density at radius 2 is 2.07 bits per heavy atom. The van der Waals surface area contributed by atoms with Crippen molar-refractivity contribution in [3.8, 4) is 5.88 Å². The van der Waals surface area contributed by atoms with Crippen LogP contribution in [0.3, 0.4) is 0 Å². The summed E-state index contributed by atoms with van der Waals surface area (Å²) in [6.07, 6.45) is 1.59. The van der Waals surface area contributed by atoms with Gasteiger partial charge in [-0.25, -0.2) is 4.68 Å². The van der Waals surface area contributed by atoms with E-state index in [0.29, 0.717) is 25.2 Å². The molecule has 3 aromatic rings. The third kappa shape index (κ3) is 4.57. The molecule has 1 amide bonds. The van der Waals surface area contributed by atoms with Crippen LogP contribution >= 0.6 is 0 Å². The lowest BCUT2D eigenvalue weighted by Gasteiger charge is -2.09. The molecule has 1 aromatic carbocycles. The number of amides is 1. The lowest BCUT2D eigenvalue weighted by Crippen LogP contribution is -2.23. The van der Waals surface area contributed by atoms with Crippen LogP contribution in [0.15, 0.2) is 47.1 Å². The predicted octanol–water partition coefficient (Wildman–Crippen LogP) is 2.55. The summed E-state index contributed by atoms with van der Waals surface area (Å²) in [6.45, 7) is 3.60. The van der Waals surface area contributed by atoms with Crippen molar-refractivity contribution >= 4 is 5.91 Å². The second-order valence-corrected chi connectivity index (χ2v) is 6.26. The number of aromatic nitrogens is 2. The molecule has 2 heterocycles. The largest absolute Gasteiger partial charge is 0.481 e. The summed E-state index contributed by atoms with van der Waals surface area (Å²) in [4.78, 5) is 12.3. The van der Waals surface area contributed by atoms with Crippen LogP contribution in [0.5, 0.6) is 5.88 Å². The van der Waals surface area contributed by atoms with Gasteiger partial charge in [-0.15, -0.1) is 0 Å². The average Bonchev–Trinajstić information content (AvgIpc) is 3.27. The van der Waals surface area contributed by atoms with Crippen LogP contribution < -0.4 is 15.4 Å². The van der Waals surface area contributed by atoms with Gasteiger partial charge in [-0.3, -0.25) is 4.79 Å². The van der Waals surface area contributed by atoms with Crippen molar-refractivity contribution in [3.05, 3.63) is 70.8 Å². The number of aryl methyl sites for hydroxylation is 2. The third-order valence-electron chi connectivity index (χ3n) is 4.31. The van der Waals surface area contributed by atoms with E-state index in [2.05, 4.69) is 15.7 Å². The van der Waals surface area contributed by atoms with Crippen molar-refractivity contribution in [2.24, 2.45) is 7.05 Å². The molecular weight excluding hydrogens is 344 g/mol. The highest BCUT2D eigenvalue weighted by atomic mass is 16.5. The maximum Gasteiger partial charge on any atom is 0.251 e. The second kappa shape index (κ2) is 8.55. The Kier molecular flexibility index (Phi) is 5.93. The van der Waals surface area contributed by atoms with Gasteiger partial charge >= 0.3 is 0 Å². The van der Waals surface area contributed by atoms with E-state index in [-0.39, 0.29) is 5.91 Å². The van der Waals surface area contributed by atoms with Gasteiger partial charge in [-0.1, -0.05) is 12.1 Å². The second-order valence-electron chi connectivity index (χ2n) is 6.26. The summed E-state index contributed by atoms with van der Waals surface area (Å²) < 4.78 is 12.4. The maximum atomic E-state index is 12.3. The van der Waals surface area contributed by atoms with Gasteiger partial charge in [0.25, 0.3) is 5.91 Å². The number of carbonyl (C=O) groups is 1. The molecular formula is C20H24N4O3. The first-order valence-electron chi connectivity index (χ1n) is 8.75. The Bertz CT molecular complexity index is 900. The zero-order chi connectivity index (χ0) is 19.2. The smallest absolute Gasteiger partial charge is 0.251 e. The van der Waals surface area contributed by atoms with Gasteiger partial charge in [-0.2, -0.15) is 5.10 Å². The number of hydrogen-bond acceptors (Lipinski definition) is 5. The lowest BCUT2D eigenvalue weighted by atomic mass is 10.1. The molecule has 0 bridgehead atoms. The van der Waals surface area contributed by atoms with Gasteiger partial charge in [0, 0.05) is 25.7 Å². The molecule has 3 rings (SSSR count). The van der Waals surface area contributed by atoms with Crippen LogP contribution in [-0.4, -0.2) is 22.8 Å². The summed E-state index contributed by atoms with van der Waals surface area (Å²) in [5, 5.41) is 10.6. The van der Waals surface area contributed by atoms with E-state index in [9.17, 15) is 4.79 Å². The number of furan rings is 1. The van der Waals surface area contributed by atoms with Crippen molar-refractivity contribution in [2.45, 2.75) is 26.6 Å². The molecule has 0 unspecified atom stereocenters. The first-order valence-corrected chi connectivity index (χ1v) is 8.75. The summed E-state index contributed by atoms with van der Waals surface area (Å²) in [7, 11) is 3.50. The Labute approximate surface area is 158 Å². The van der Waals surface area contributed by atoms with E-state index < -0.39 is 0 Å². The summed E-state index contributed by atoms with van der Waals surface area (Å²) in [5.41, 5.74) is 3.62. The number of rotatable bonds is 8. The molecule has 0 aliphatic heterocycles. The van der Waals surface area contributed by atoms with Crippen molar-refractivity contribution in [3.63, 3.8) is 0 Å². The first kappa shape index (κ1) is 18.7. The maximum absolute atomic E-state index is 12.3. The zero-order valence-corrected chi connectivity index (χ0v) is 15.8. The fourth-order valence-corrected chi connectivity index (χ4v) is 2.98. The number of carbonyl (C=O) groups excluding carboxylic acids is 1. The molecule has 0 atom stereocenters. The molecule has 2 N–H and O–H groups in total. The highest BCUT2D eigenvalue weighted by Crippen LogP contribution is 2.20. The zero-order valence-electron chi connectivity index (χ0n) is 15.8. The number of hydrogen-bond donors (Lipinski definition) is 2. The first-order chi connectivity index (χ1) is 13.1. The Balaban J connectivity index is 1.57. The fraction of sp³-hybridized carbons (Fsp3) is 0.300. The van der Waals surface area contributed by atoms with E-state index in [1.165, 1.54) is 0 Å². The van der Waals surface area contributed by atoms with Crippen molar-refractivity contribution in [1.29, 1.82) is 0 Å².